The summed E-state index contributed by atoms with van der Waals surface area (Å²) in [6, 6.07) is 8.91. The van der Waals surface area contributed by atoms with Gasteiger partial charge in [-0.15, -0.1) is 0 Å². The summed E-state index contributed by atoms with van der Waals surface area (Å²) >= 11 is 6.16. The van der Waals surface area contributed by atoms with Gasteiger partial charge in [0.25, 0.3) is 12.3 Å². The molecule has 3 heterocycles. The molecule has 164 valence electrons. The Morgan fingerprint density at radius 2 is 2.00 bits per heavy atom. The Morgan fingerprint density at radius 3 is 2.72 bits per heavy atom. The van der Waals surface area contributed by atoms with Gasteiger partial charge in [0.05, 0.1) is 6.54 Å². The molecule has 32 heavy (non-hydrogen) atoms. The van der Waals surface area contributed by atoms with Crippen molar-refractivity contribution in [1.29, 1.82) is 0 Å². The number of nitrogens with one attached hydrogen (secondary N) is 1. The lowest BCUT2D eigenvalue weighted by Gasteiger charge is -2.06. The number of hydrogen-bond donors (Lipinski definition) is 1. The van der Waals surface area contributed by atoms with E-state index >= 15 is 0 Å². The first-order valence-electron chi connectivity index (χ1n) is 9.85. The van der Waals surface area contributed by atoms with E-state index in [1.165, 1.54) is 29.1 Å². The number of fused-ring (bicyclic) bond motifs is 1. The van der Waals surface area contributed by atoms with Gasteiger partial charge in [-0.05, 0) is 25.0 Å². The Morgan fingerprint density at radius 1 is 1.22 bits per heavy atom. The summed E-state index contributed by atoms with van der Waals surface area (Å²) in [5, 5.41) is 10.8. The second-order valence-electron chi connectivity index (χ2n) is 7.55. The first kappa shape index (κ1) is 20.5. The quantitative estimate of drug-likeness (QED) is 0.447. The Labute approximate surface area is 184 Å². The van der Waals surface area contributed by atoms with Gasteiger partial charge in [0.1, 0.15) is 16.5 Å². The van der Waals surface area contributed by atoms with Gasteiger partial charge in [-0.3, -0.25) is 9.48 Å². The number of carbonyl (C=O) groups excluding carboxylic acids is 1. The largest absolute Gasteiger partial charge is 0.302 e. The molecule has 4 aromatic rings. The lowest BCUT2D eigenvalue weighted by atomic mass is 10.2. The number of amides is 1. The number of hydrogen-bond acceptors (Lipinski definition) is 4. The molecule has 1 aliphatic rings. The molecule has 1 fully saturated rings. The zero-order chi connectivity index (χ0) is 22.4. The van der Waals surface area contributed by atoms with Crippen LogP contribution in [0.2, 0.25) is 5.02 Å². The number of rotatable bonds is 6. The fraction of sp³-hybridized carbons (Fsp3) is 0.238. The summed E-state index contributed by atoms with van der Waals surface area (Å²) < 4.78 is 43.3. The van der Waals surface area contributed by atoms with Gasteiger partial charge in [0.15, 0.2) is 17.2 Å². The summed E-state index contributed by atoms with van der Waals surface area (Å²) in [5.74, 6) is -0.850. The maximum Gasteiger partial charge on any atom is 0.280 e. The third-order valence-corrected chi connectivity index (χ3v) is 5.44. The number of anilines is 1. The van der Waals surface area contributed by atoms with Crippen molar-refractivity contribution in [2.24, 2.45) is 0 Å². The maximum absolute atomic E-state index is 13.9. The van der Waals surface area contributed by atoms with Crippen LogP contribution < -0.4 is 5.32 Å². The van der Waals surface area contributed by atoms with Crippen LogP contribution in [0.3, 0.4) is 0 Å². The molecule has 0 aliphatic heterocycles. The smallest absolute Gasteiger partial charge is 0.280 e. The van der Waals surface area contributed by atoms with Crippen LogP contribution in [-0.4, -0.2) is 30.3 Å². The Balaban J connectivity index is 1.40. The van der Waals surface area contributed by atoms with Crippen molar-refractivity contribution in [1.82, 2.24) is 24.4 Å². The molecular formula is C21H16ClF3N6O. The number of nitrogens with zero attached hydrogens (tertiary/aromatic N) is 5. The van der Waals surface area contributed by atoms with Crippen LogP contribution in [0.5, 0.6) is 0 Å². The molecule has 1 N–H and O–H groups in total. The Kier molecular flexibility index (Phi) is 5.09. The van der Waals surface area contributed by atoms with E-state index in [2.05, 4.69) is 20.5 Å². The van der Waals surface area contributed by atoms with Crippen LogP contribution in [0.15, 0.2) is 42.6 Å². The molecule has 1 aliphatic carbocycles. The third-order valence-electron chi connectivity index (χ3n) is 5.17. The van der Waals surface area contributed by atoms with Crippen LogP contribution >= 0.6 is 11.6 Å². The predicted molar refractivity (Wildman–Crippen MR) is 111 cm³/mol. The van der Waals surface area contributed by atoms with E-state index in [0.29, 0.717) is 11.3 Å². The molecule has 0 atom stereocenters. The van der Waals surface area contributed by atoms with E-state index in [0.717, 1.165) is 17.4 Å². The van der Waals surface area contributed by atoms with E-state index < -0.39 is 12.3 Å². The fourth-order valence-corrected chi connectivity index (χ4v) is 3.61. The summed E-state index contributed by atoms with van der Waals surface area (Å²) in [5.41, 5.74) is 0.734. The summed E-state index contributed by atoms with van der Waals surface area (Å²) in [7, 11) is 0. The van der Waals surface area contributed by atoms with Gasteiger partial charge >= 0.3 is 0 Å². The van der Waals surface area contributed by atoms with Gasteiger partial charge < -0.3 is 5.32 Å². The molecular weight excluding hydrogens is 445 g/mol. The number of benzene rings is 1. The van der Waals surface area contributed by atoms with E-state index in [9.17, 15) is 18.0 Å². The number of halogens is 4. The molecule has 1 saturated carbocycles. The van der Waals surface area contributed by atoms with Crippen molar-refractivity contribution >= 4 is 29.0 Å². The zero-order valence-corrected chi connectivity index (χ0v) is 17.2. The van der Waals surface area contributed by atoms with Crippen molar-refractivity contribution < 1.29 is 18.0 Å². The zero-order valence-electron chi connectivity index (χ0n) is 16.5. The van der Waals surface area contributed by atoms with Gasteiger partial charge in [-0.25, -0.2) is 22.7 Å². The predicted octanol–water partition coefficient (Wildman–Crippen LogP) is 4.83. The van der Waals surface area contributed by atoms with Crippen molar-refractivity contribution in [3.8, 4) is 0 Å². The molecule has 3 aromatic heterocycles. The van der Waals surface area contributed by atoms with Gasteiger partial charge in [-0.2, -0.15) is 10.2 Å². The number of alkyl halides is 2. The number of aromatic nitrogens is 5. The first-order valence-corrected chi connectivity index (χ1v) is 10.2. The van der Waals surface area contributed by atoms with Gasteiger partial charge in [-0.1, -0.05) is 29.8 Å². The minimum atomic E-state index is -2.77. The summed E-state index contributed by atoms with van der Waals surface area (Å²) in [6.45, 7) is 0.113. The van der Waals surface area contributed by atoms with Crippen LogP contribution in [0.25, 0.3) is 5.65 Å². The molecule has 0 saturated heterocycles. The van der Waals surface area contributed by atoms with E-state index in [1.807, 2.05) is 0 Å². The van der Waals surface area contributed by atoms with Crippen LogP contribution in [0.4, 0.5) is 19.0 Å². The van der Waals surface area contributed by atoms with Crippen LogP contribution in [-0.2, 0) is 6.54 Å². The van der Waals surface area contributed by atoms with Gasteiger partial charge in [0, 0.05) is 29.4 Å². The molecule has 1 aromatic carbocycles. The van der Waals surface area contributed by atoms with E-state index in [-0.39, 0.29) is 46.2 Å². The normalized spacial score (nSPS) is 13.8. The van der Waals surface area contributed by atoms with Crippen LogP contribution in [0, 0.1) is 5.82 Å². The van der Waals surface area contributed by atoms with E-state index in [1.54, 1.807) is 18.2 Å². The van der Waals surface area contributed by atoms with E-state index in [4.69, 9.17) is 11.6 Å². The monoisotopic (exact) mass is 460 g/mol. The molecule has 0 radical (unpaired) electrons. The molecule has 1 amide bonds. The van der Waals surface area contributed by atoms with Crippen molar-refractivity contribution in [3.05, 3.63) is 76.1 Å². The lowest BCUT2D eigenvalue weighted by molar-refractivity contribution is 0.102. The highest BCUT2D eigenvalue weighted by Gasteiger charge is 2.28. The summed E-state index contributed by atoms with van der Waals surface area (Å²) in [4.78, 5) is 17.1. The second kappa shape index (κ2) is 7.94. The second-order valence-corrected chi connectivity index (χ2v) is 7.96. The average molecular weight is 461 g/mol. The minimum Gasteiger partial charge on any atom is -0.302 e. The van der Waals surface area contributed by atoms with Gasteiger partial charge in [0.2, 0.25) is 0 Å². The molecule has 7 nitrogen and oxygen atoms in total. The molecule has 0 bridgehead atoms. The fourth-order valence-electron chi connectivity index (χ4n) is 3.41. The SMILES string of the molecule is O=C(Nc1nn(Cc2ccccc2F)cc1Cl)c1cc2nc(C3CC3)cc(C(F)F)n2n1. The van der Waals surface area contributed by atoms with Crippen LogP contribution in [0.1, 0.15) is 52.6 Å². The highest BCUT2D eigenvalue weighted by Crippen LogP contribution is 2.40. The molecule has 11 heteroatoms. The number of carbonyl (C=O) groups is 1. The lowest BCUT2D eigenvalue weighted by Crippen LogP contribution is -2.14. The minimum absolute atomic E-state index is 0.0470. The molecule has 5 rings (SSSR count). The first-order chi connectivity index (χ1) is 15.4. The highest BCUT2D eigenvalue weighted by atomic mass is 35.5. The third kappa shape index (κ3) is 3.93. The van der Waals surface area contributed by atoms with Crippen molar-refractivity contribution in [2.75, 3.05) is 5.32 Å². The topological polar surface area (TPSA) is 77.1 Å². The Hall–Kier alpha value is -3.40. The average Bonchev–Trinajstić information content (AvgIpc) is 3.43. The summed E-state index contributed by atoms with van der Waals surface area (Å²) in [6.07, 6.45) is 0.492. The highest BCUT2D eigenvalue weighted by molar-refractivity contribution is 6.33. The standard InChI is InChI=1S/C21H16ClF3N6O/c22-13-10-30(9-12-3-1-2-4-14(12)23)29-20(13)27-21(32)16-8-18-26-15(11-5-6-11)7-17(19(24)25)31(18)28-16/h1-4,7-8,10-11,19H,5-6,9H2,(H,27,29,32). The van der Waals surface area contributed by atoms with Crippen molar-refractivity contribution in [3.63, 3.8) is 0 Å². The molecule has 0 unspecified atom stereocenters. The molecule has 0 spiro atoms. The Bertz CT molecular complexity index is 1330. The van der Waals surface area contributed by atoms with Crippen molar-refractivity contribution in [2.45, 2.75) is 31.7 Å². The maximum atomic E-state index is 13.9.